The molecule has 1 amide bonds. The number of carbonyl (C=O) groups is 1. The SMILES string of the molecule is O=C(Cn1nnc(-c2ccc(F)cc2)n1)NC1CCCc2ccccc21. The first kappa shape index (κ1) is 16.4. The lowest BCUT2D eigenvalue weighted by Gasteiger charge is -2.26. The van der Waals surface area contributed by atoms with E-state index in [4.69, 9.17) is 0 Å². The molecule has 6 nitrogen and oxygen atoms in total. The minimum absolute atomic E-state index is 0.00708. The number of nitrogens with one attached hydrogen (secondary N) is 1. The minimum atomic E-state index is -0.326. The maximum atomic E-state index is 13.0. The molecule has 1 aliphatic carbocycles. The smallest absolute Gasteiger partial charge is 0.244 e. The standard InChI is InChI=1S/C19H18FN5O/c20-15-10-8-14(9-11-15)19-22-24-25(23-19)12-18(26)21-17-7-3-5-13-4-1-2-6-16(13)17/h1-2,4,6,8-11,17H,3,5,7,12H2,(H,21,26). The van der Waals surface area contributed by atoms with E-state index in [0.29, 0.717) is 11.4 Å². The van der Waals surface area contributed by atoms with E-state index >= 15 is 0 Å². The lowest BCUT2D eigenvalue weighted by Crippen LogP contribution is -2.34. The van der Waals surface area contributed by atoms with Gasteiger partial charge in [0, 0.05) is 5.56 Å². The number of halogens is 1. The van der Waals surface area contributed by atoms with Crippen LogP contribution < -0.4 is 5.32 Å². The lowest BCUT2D eigenvalue weighted by molar-refractivity contribution is -0.122. The fourth-order valence-electron chi connectivity index (χ4n) is 3.30. The summed E-state index contributed by atoms with van der Waals surface area (Å²) >= 11 is 0. The van der Waals surface area contributed by atoms with Crippen LogP contribution in [0.25, 0.3) is 11.4 Å². The zero-order chi connectivity index (χ0) is 17.9. The summed E-state index contributed by atoms with van der Waals surface area (Å²) in [5.74, 6) is -0.121. The number of hydrogen-bond acceptors (Lipinski definition) is 4. The number of tetrazole rings is 1. The van der Waals surface area contributed by atoms with Crippen molar-refractivity contribution in [1.82, 2.24) is 25.5 Å². The molecular formula is C19H18FN5O. The topological polar surface area (TPSA) is 72.7 Å². The quantitative estimate of drug-likeness (QED) is 0.784. The number of nitrogens with zero attached hydrogens (tertiary/aromatic N) is 4. The van der Waals surface area contributed by atoms with Crippen molar-refractivity contribution in [3.05, 3.63) is 65.5 Å². The third-order valence-electron chi connectivity index (χ3n) is 4.54. The summed E-state index contributed by atoms with van der Waals surface area (Å²) in [6.45, 7) is -0.00708. The Morgan fingerprint density at radius 1 is 1.19 bits per heavy atom. The lowest BCUT2D eigenvalue weighted by atomic mass is 9.88. The summed E-state index contributed by atoms with van der Waals surface area (Å²) in [6.07, 6.45) is 3.03. The Labute approximate surface area is 150 Å². The zero-order valence-corrected chi connectivity index (χ0v) is 14.1. The Morgan fingerprint density at radius 2 is 2.00 bits per heavy atom. The number of aromatic nitrogens is 4. The molecule has 0 radical (unpaired) electrons. The molecule has 1 heterocycles. The van der Waals surface area contributed by atoms with Gasteiger partial charge in [-0.2, -0.15) is 4.80 Å². The Balaban J connectivity index is 1.42. The van der Waals surface area contributed by atoms with E-state index in [-0.39, 0.29) is 24.3 Å². The van der Waals surface area contributed by atoms with Crippen LogP contribution >= 0.6 is 0 Å². The molecule has 7 heteroatoms. The van der Waals surface area contributed by atoms with Gasteiger partial charge < -0.3 is 5.32 Å². The second-order valence-corrected chi connectivity index (χ2v) is 6.36. The average Bonchev–Trinajstić information content (AvgIpc) is 3.11. The molecule has 4 rings (SSSR count). The fraction of sp³-hybridized carbons (Fsp3) is 0.263. The molecule has 1 N–H and O–H groups in total. The van der Waals surface area contributed by atoms with Crippen LogP contribution in [0, 0.1) is 5.82 Å². The van der Waals surface area contributed by atoms with Crippen LogP contribution in [0.3, 0.4) is 0 Å². The molecule has 132 valence electrons. The first-order valence-corrected chi connectivity index (χ1v) is 8.60. The van der Waals surface area contributed by atoms with Crippen LogP contribution in [0.5, 0.6) is 0 Å². The summed E-state index contributed by atoms with van der Waals surface area (Å²) in [4.78, 5) is 13.6. The van der Waals surface area contributed by atoms with Crippen LogP contribution in [0.2, 0.25) is 0 Å². The summed E-state index contributed by atoms with van der Waals surface area (Å²) in [5.41, 5.74) is 3.13. The average molecular weight is 351 g/mol. The van der Waals surface area contributed by atoms with Crippen molar-refractivity contribution in [1.29, 1.82) is 0 Å². The van der Waals surface area contributed by atoms with Crippen molar-refractivity contribution in [2.24, 2.45) is 0 Å². The van der Waals surface area contributed by atoms with Crippen LogP contribution in [0.4, 0.5) is 4.39 Å². The number of rotatable bonds is 4. The highest BCUT2D eigenvalue weighted by Gasteiger charge is 2.21. The number of fused-ring (bicyclic) bond motifs is 1. The van der Waals surface area contributed by atoms with Gasteiger partial charge in [-0.1, -0.05) is 24.3 Å². The monoisotopic (exact) mass is 351 g/mol. The highest BCUT2D eigenvalue weighted by Crippen LogP contribution is 2.29. The van der Waals surface area contributed by atoms with Crippen molar-refractivity contribution >= 4 is 5.91 Å². The number of aryl methyl sites for hydroxylation is 1. The minimum Gasteiger partial charge on any atom is -0.348 e. The second kappa shape index (κ2) is 7.03. The van der Waals surface area contributed by atoms with Crippen LogP contribution in [0.1, 0.15) is 30.0 Å². The number of carbonyl (C=O) groups excluding carboxylic acids is 1. The predicted molar refractivity (Wildman–Crippen MR) is 93.5 cm³/mol. The van der Waals surface area contributed by atoms with Gasteiger partial charge >= 0.3 is 0 Å². The molecule has 3 aromatic rings. The largest absolute Gasteiger partial charge is 0.348 e. The molecule has 0 aliphatic heterocycles. The van der Waals surface area contributed by atoms with Gasteiger partial charge in [0.05, 0.1) is 6.04 Å². The van der Waals surface area contributed by atoms with E-state index in [9.17, 15) is 9.18 Å². The third kappa shape index (κ3) is 3.46. The van der Waals surface area contributed by atoms with E-state index in [1.807, 2.05) is 12.1 Å². The van der Waals surface area contributed by atoms with Crippen LogP contribution in [-0.4, -0.2) is 26.1 Å². The molecule has 0 fully saturated rings. The Morgan fingerprint density at radius 3 is 2.85 bits per heavy atom. The first-order chi connectivity index (χ1) is 12.7. The molecule has 0 saturated heterocycles. The molecule has 26 heavy (non-hydrogen) atoms. The Hall–Kier alpha value is -3.09. The van der Waals surface area contributed by atoms with E-state index in [2.05, 4.69) is 32.9 Å². The molecular weight excluding hydrogens is 333 g/mol. The van der Waals surface area contributed by atoms with Crippen molar-refractivity contribution in [2.45, 2.75) is 31.8 Å². The van der Waals surface area contributed by atoms with Crippen molar-refractivity contribution < 1.29 is 9.18 Å². The first-order valence-electron chi connectivity index (χ1n) is 8.60. The molecule has 2 aromatic carbocycles. The molecule has 0 bridgehead atoms. The molecule has 0 saturated carbocycles. The Bertz CT molecular complexity index is 922. The second-order valence-electron chi connectivity index (χ2n) is 6.36. The van der Waals surface area contributed by atoms with Gasteiger partial charge in [0.15, 0.2) is 0 Å². The third-order valence-corrected chi connectivity index (χ3v) is 4.54. The Kier molecular flexibility index (Phi) is 4.43. The molecule has 1 aromatic heterocycles. The fourth-order valence-corrected chi connectivity index (χ4v) is 3.30. The van der Waals surface area contributed by atoms with E-state index in [0.717, 1.165) is 19.3 Å². The number of hydrogen-bond donors (Lipinski definition) is 1. The summed E-state index contributed by atoms with van der Waals surface area (Å²) < 4.78 is 13.0. The normalized spacial score (nSPS) is 16.1. The maximum absolute atomic E-state index is 13.0. The maximum Gasteiger partial charge on any atom is 0.244 e. The summed E-state index contributed by atoms with van der Waals surface area (Å²) in [7, 11) is 0. The van der Waals surface area contributed by atoms with Gasteiger partial charge in [-0.05, 0) is 59.9 Å². The van der Waals surface area contributed by atoms with E-state index < -0.39 is 0 Å². The van der Waals surface area contributed by atoms with Crippen LogP contribution in [-0.2, 0) is 17.8 Å². The van der Waals surface area contributed by atoms with Gasteiger partial charge in [-0.25, -0.2) is 4.39 Å². The van der Waals surface area contributed by atoms with Gasteiger partial charge in [0.1, 0.15) is 12.4 Å². The van der Waals surface area contributed by atoms with Crippen molar-refractivity contribution in [2.75, 3.05) is 0 Å². The molecule has 0 spiro atoms. The van der Waals surface area contributed by atoms with Crippen molar-refractivity contribution in [3.63, 3.8) is 0 Å². The van der Waals surface area contributed by atoms with E-state index in [1.54, 1.807) is 12.1 Å². The van der Waals surface area contributed by atoms with Gasteiger partial charge in [0.25, 0.3) is 0 Å². The molecule has 1 aliphatic rings. The number of amides is 1. The zero-order valence-electron chi connectivity index (χ0n) is 14.1. The highest BCUT2D eigenvalue weighted by atomic mass is 19.1. The predicted octanol–water partition coefficient (Wildman–Crippen LogP) is 2.67. The van der Waals surface area contributed by atoms with Gasteiger partial charge in [0.2, 0.25) is 11.7 Å². The molecule has 1 unspecified atom stereocenters. The number of benzene rings is 2. The van der Waals surface area contributed by atoms with Gasteiger partial charge in [-0.15, -0.1) is 10.2 Å². The summed E-state index contributed by atoms with van der Waals surface area (Å²) in [6, 6.07) is 14.1. The van der Waals surface area contributed by atoms with E-state index in [1.165, 1.54) is 28.1 Å². The highest BCUT2D eigenvalue weighted by molar-refractivity contribution is 5.76. The van der Waals surface area contributed by atoms with Gasteiger partial charge in [-0.3, -0.25) is 4.79 Å². The van der Waals surface area contributed by atoms with Crippen molar-refractivity contribution in [3.8, 4) is 11.4 Å². The summed E-state index contributed by atoms with van der Waals surface area (Å²) in [5, 5.41) is 15.1. The van der Waals surface area contributed by atoms with Crippen LogP contribution in [0.15, 0.2) is 48.5 Å². The molecule has 1 atom stereocenters.